The van der Waals surface area contributed by atoms with Crippen molar-refractivity contribution < 1.29 is 33.1 Å². The minimum atomic E-state index is -3.20. The van der Waals surface area contributed by atoms with Gasteiger partial charge in [0.2, 0.25) is 11.8 Å². The van der Waals surface area contributed by atoms with Crippen LogP contribution in [0.1, 0.15) is 26.7 Å². The van der Waals surface area contributed by atoms with E-state index in [0.29, 0.717) is 31.0 Å². The SMILES string of the molecule is C[C@@H](NC(=O)C(F)F)[C@H]1C(=O)N2C(C(=O)O)=C(S[C@@H]3CN[C@H](C(=O)N4CCC(N)C4)C3)[C@H](C)[C@H]12. The van der Waals surface area contributed by atoms with E-state index < -0.39 is 42.2 Å². The molecule has 10 nitrogen and oxygen atoms in total. The molecule has 4 aliphatic rings. The number of carbonyl (C=O) groups is 4. The number of β-lactam (4-membered cyclic amide) rings is 1. The van der Waals surface area contributed by atoms with E-state index in [2.05, 4.69) is 10.6 Å². The zero-order valence-corrected chi connectivity index (χ0v) is 19.7. The number of carboxylic acid groups (broad SMARTS) is 1. The highest BCUT2D eigenvalue weighted by atomic mass is 32.2. The summed E-state index contributed by atoms with van der Waals surface area (Å²) in [7, 11) is 0. The smallest absolute Gasteiger partial charge is 0.353 e. The molecule has 188 valence electrons. The number of carboxylic acids is 1. The Kier molecular flexibility index (Phi) is 6.89. The van der Waals surface area contributed by atoms with Crippen molar-refractivity contribution in [2.45, 2.75) is 62.5 Å². The summed E-state index contributed by atoms with van der Waals surface area (Å²) in [6.07, 6.45) is -1.91. The maximum absolute atomic E-state index is 12.8. The molecular weight excluding hydrogens is 472 g/mol. The van der Waals surface area contributed by atoms with Gasteiger partial charge in [-0.05, 0) is 19.8 Å². The van der Waals surface area contributed by atoms with Crippen LogP contribution in [-0.2, 0) is 19.2 Å². The van der Waals surface area contributed by atoms with E-state index in [1.165, 1.54) is 23.6 Å². The molecule has 3 saturated heterocycles. The topological polar surface area (TPSA) is 145 Å². The normalized spacial score (nSPS) is 33.9. The first kappa shape index (κ1) is 24.9. The number of alkyl halides is 2. The van der Waals surface area contributed by atoms with Gasteiger partial charge in [-0.15, -0.1) is 11.8 Å². The minimum Gasteiger partial charge on any atom is -0.477 e. The number of thioether (sulfide) groups is 1. The van der Waals surface area contributed by atoms with Gasteiger partial charge in [0, 0.05) is 47.8 Å². The van der Waals surface area contributed by atoms with Crippen LogP contribution < -0.4 is 16.4 Å². The summed E-state index contributed by atoms with van der Waals surface area (Å²) in [4.78, 5) is 52.5. The third kappa shape index (κ3) is 4.29. The molecule has 3 fully saturated rings. The summed E-state index contributed by atoms with van der Waals surface area (Å²) in [6, 6.07) is -1.78. The van der Waals surface area contributed by atoms with Gasteiger partial charge >= 0.3 is 12.4 Å². The Labute approximate surface area is 199 Å². The van der Waals surface area contributed by atoms with Gasteiger partial charge in [-0.1, -0.05) is 6.92 Å². The van der Waals surface area contributed by atoms with Gasteiger partial charge in [0.15, 0.2) is 0 Å². The monoisotopic (exact) mass is 501 g/mol. The average molecular weight is 502 g/mol. The Bertz CT molecular complexity index is 933. The van der Waals surface area contributed by atoms with E-state index in [0.717, 1.165) is 6.42 Å². The first-order valence-corrected chi connectivity index (χ1v) is 12.2. The summed E-state index contributed by atoms with van der Waals surface area (Å²) in [5.74, 6) is -4.35. The maximum atomic E-state index is 12.8. The van der Waals surface area contributed by atoms with Crippen LogP contribution in [-0.4, -0.2) is 94.1 Å². The van der Waals surface area contributed by atoms with Crippen LogP contribution in [0.15, 0.2) is 10.6 Å². The number of fused-ring (bicyclic) bond motifs is 1. The van der Waals surface area contributed by atoms with Gasteiger partial charge in [-0.25, -0.2) is 4.79 Å². The lowest BCUT2D eigenvalue weighted by Gasteiger charge is -2.47. The number of hydrogen-bond acceptors (Lipinski definition) is 7. The van der Waals surface area contributed by atoms with Gasteiger partial charge in [0.05, 0.1) is 18.0 Å². The van der Waals surface area contributed by atoms with Crippen molar-refractivity contribution >= 4 is 35.5 Å². The average Bonchev–Trinajstić information content (AvgIpc) is 3.46. The summed E-state index contributed by atoms with van der Waals surface area (Å²) in [6.45, 7) is 4.93. The maximum Gasteiger partial charge on any atom is 0.353 e. The molecule has 1 unspecified atom stereocenters. The Morgan fingerprint density at radius 2 is 2.03 bits per heavy atom. The Hall–Kier alpha value is -2.25. The molecule has 34 heavy (non-hydrogen) atoms. The first-order chi connectivity index (χ1) is 16.0. The van der Waals surface area contributed by atoms with Crippen molar-refractivity contribution in [2.24, 2.45) is 17.6 Å². The number of aliphatic carboxylic acids is 1. The molecule has 0 bridgehead atoms. The second-order valence-electron chi connectivity index (χ2n) is 9.40. The number of amides is 3. The number of nitrogens with zero attached hydrogens (tertiary/aromatic N) is 2. The van der Waals surface area contributed by atoms with Crippen LogP contribution in [0, 0.1) is 11.8 Å². The molecular formula is C21H29F2N5O5S. The van der Waals surface area contributed by atoms with Crippen LogP contribution in [0.5, 0.6) is 0 Å². The quantitative estimate of drug-likeness (QED) is 0.344. The highest BCUT2D eigenvalue weighted by Crippen LogP contribution is 2.51. The summed E-state index contributed by atoms with van der Waals surface area (Å²) < 4.78 is 25.3. The summed E-state index contributed by atoms with van der Waals surface area (Å²) in [5.41, 5.74) is 5.80. The fraction of sp³-hybridized carbons (Fsp3) is 0.714. The Balaban J connectivity index is 1.44. The molecule has 0 aliphatic carbocycles. The van der Waals surface area contributed by atoms with E-state index in [1.807, 2.05) is 0 Å². The van der Waals surface area contributed by atoms with Crippen LogP contribution in [0.4, 0.5) is 8.78 Å². The van der Waals surface area contributed by atoms with Gasteiger partial charge in [0.25, 0.3) is 5.91 Å². The molecule has 0 spiro atoms. The summed E-state index contributed by atoms with van der Waals surface area (Å²) in [5, 5.41) is 15.1. The molecule has 0 saturated carbocycles. The Morgan fingerprint density at radius 1 is 1.32 bits per heavy atom. The third-order valence-corrected chi connectivity index (χ3v) is 8.63. The van der Waals surface area contributed by atoms with E-state index in [-0.39, 0.29) is 34.9 Å². The first-order valence-electron chi connectivity index (χ1n) is 11.3. The van der Waals surface area contributed by atoms with Crippen molar-refractivity contribution in [1.82, 2.24) is 20.4 Å². The number of halogens is 2. The van der Waals surface area contributed by atoms with Gasteiger partial charge in [-0.3, -0.25) is 14.4 Å². The van der Waals surface area contributed by atoms with Crippen LogP contribution in [0.25, 0.3) is 0 Å². The fourth-order valence-electron chi connectivity index (χ4n) is 5.44. The molecule has 0 aromatic heterocycles. The minimum absolute atomic E-state index is 0.00869. The molecule has 4 heterocycles. The molecule has 4 rings (SSSR count). The van der Waals surface area contributed by atoms with Crippen molar-refractivity contribution in [3.8, 4) is 0 Å². The highest BCUT2D eigenvalue weighted by Gasteiger charge is 2.60. The number of rotatable bonds is 7. The van der Waals surface area contributed by atoms with E-state index in [4.69, 9.17) is 5.73 Å². The molecule has 4 aliphatic heterocycles. The number of nitrogens with one attached hydrogen (secondary N) is 2. The summed E-state index contributed by atoms with van der Waals surface area (Å²) >= 11 is 1.35. The molecule has 0 aromatic carbocycles. The number of hydrogen-bond donors (Lipinski definition) is 4. The van der Waals surface area contributed by atoms with Crippen molar-refractivity contribution in [1.29, 1.82) is 0 Å². The lowest BCUT2D eigenvalue weighted by molar-refractivity contribution is -0.159. The zero-order chi connectivity index (χ0) is 24.9. The second kappa shape index (κ2) is 9.42. The molecule has 0 radical (unpaired) electrons. The van der Waals surface area contributed by atoms with E-state index in [1.54, 1.807) is 11.8 Å². The molecule has 3 amide bonds. The van der Waals surface area contributed by atoms with Gasteiger partial charge in [0.1, 0.15) is 5.70 Å². The predicted molar refractivity (Wildman–Crippen MR) is 119 cm³/mol. The largest absolute Gasteiger partial charge is 0.477 e. The van der Waals surface area contributed by atoms with Crippen LogP contribution in [0.2, 0.25) is 0 Å². The van der Waals surface area contributed by atoms with Crippen LogP contribution in [0.3, 0.4) is 0 Å². The van der Waals surface area contributed by atoms with Crippen molar-refractivity contribution in [3.63, 3.8) is 0 Å². The number of carbonyl (C=O) groups excluding carboxylic acids is 3. The lowest BCUT2D eigenvalue weighted by Crippen LogP contribution is -2.66. The molecule has 0 aromatic rings. The fourth-order valence-corrected chi connectivity index (χ4v) is 6.92. The van der Waals surface area contributed by atoms with Crippen LogP contribution >= 0.6 is 11.8 Å². The van der Waals surface area contributed by atoms with Crippen molar-refractivity contribution in [3.05, 3.63) is 10.6 Å². The van der Waals surface area contributed by atoms with E-state index >= 15 is 0 Å². The van der Waals surface area contributed by atoms with E-state index in [9.17, 15) is 33.1 Å². The molecule has 13 heteroatoms. The highest BCUT2D eigenvalue weighted by molar-refractivity contribution is 8.03. The molecule has 7 atom stereocenters. The predicted octanol–water partition coefficient (Wildman–Crippen LogP) is -0.448. The third-order valence-electron chi connectivity index (χ3n) is 7.12. The molecule has 5 N–H and O–H groups in total. The van der Waals surface area contributed by atoms with Crippen molar-refractivity contribution in [2.75, 3.05) is 19.6 Å². The zero-order valence-electron chi connectivity index (χ0n) is 18.9. The second-order valence-corrected chi connectivity index (χ2v) is 10.7. The number of likely N-dealkylation sites (tertiary alicyclic amines) is 1. The standard InChI is InChI=1S/C21H29F2N5O5S/c1-8-14-13(9(2)26-18(29)17(22)23)20(31)28(14)15(21(32)33)16(8)34-11-5-12(25-6-11)19(30)27-4-3-10(24)7-27/h8-14,17,25H,3-7,24H2,1-2H3,(H,26,29)(H,32,33)/t8-,9-,10?,11+,12+,13-,14-/m1/s1. The lowest BCUT2D eigenvalue weighted by atomic mass is 9.78. The Morgan fingerprint density at radius 3 is 2.62 bits per heavy atom. The van der Waals surface area contributed by atoms with Gasteiger partial charge < -0.3 is 31.3 Å². The van der Waals surface area contributed by atoms with Gasteiger partial charge in [-0.2, -0.15) is 8.78 Å². The number of nitrogens with two attached hydrogens (primary N) is 1.